The third kappa shape index (κ3) is 4.15. The molecular formula is C11H12OY-2. The second-order valence-electron chi connectivity index (χ2n) is 2.81. The Morgan fingerprint density at radius 1 is 1.62 bits per heavy atom. The molecule has 0 atom stereocenters. The van der Waals surface area contributed by atoms with Gasteiger partial charge >= 0.3 is 0 Å². The van der Waals surface area contributed by atoms with Crippen LogP contribution in [0.25, 0.3) is 0 Å². The molecule has 0 unspecified atom stereocenters. The number of aryl methyl sites for hydroxylation is 1. The zero-order valence-corrected chi connectivity index (χ0v) is 10.7. The zero-order chi connectivity index (χ0) is 8.97. The first-order chi connectivity index (χ1) is 5.74. The zero-order valence-electron chi connectivity index (χ0n) is 7.84. The topological polar surface area (TPSA) is 17.1 Å². The van der Waals surface area contributed by atoms with Crippen molar-refractivity contribution < 1.29 is 37.5 Å². The number of carbonyl (C=O) groups is 1. The van der Waals surface area contributed by atoms with Gasteiger partial charge in [-0.05, 0) is 0 Å². The van der Waals surface area contributed by atoms with Gasteiger partial charge in [0.2, 0.25) is 0 Å². The van der Waals surface area contributed by atoms with Crippen molar-refractivity contribution in [1.29, 1.82) is 0 Å². The second kappa shape index (κ2) is 6.45. The van der Waals surface area contributed by atoms with E-state index in [1.165, 1.54) is 0 Å². The summed E-state index contributed by atoms with van der Waals surface area (Å²) < 4.78 is 0. The van der Waals surface area contributed by atoms with Crippen molar-refractivity contribution in [3.8, 4) is 0 Å². The van der Waals surface area contributed by atoms with E-state index in [-0.39, 0.29) is 38.5 Å². The summed E-state index contributed by atoms with van der Waals surface area (Å²) in [6.45, 7) is 5.61. The van der Waals surface area contributed by atoms with Crippen molar-refractivity contribution in [2.24, 2.45) is 0 Å². The van der Waals surface area contributed by atoms with Crippen LogP contribution in [0.1, 0.15) is 28.8 Å². The number of ketones is 1. The van der Waals surface area contributed by atoms with Gasteiger partial charge in [0.1, 0.15) is 0 Å². The van der Waals surface area contributed by atoms with E-state index in [9.17, 15) is 4.79 Å². The standard InChI is InChI=1S/C11H12O.Y/c1-3-5-11(12)10-7-4-6-9(2)8-10;/h4,6,8H,1,3,5H2,2H3;/q-2;. The fourth-order valence-corrected chi connectivity index (χ4v) is 1.04. The Bertz CT molecular complexity index is 281. The number of hydrogen-bond acceptors (Lipinski definition) is 1. The Kier molecular flexibility index (Phi) is 6.45. The first-order valence-electron chi connectivity index (χ1n) is 4.05. The van der Waals surface area contributed by atoms with Crippen LogP contribution in [0, 0.1) is 19.9 Å². The monoisotopic (exact) mass is 249 g/mol. The van der Waals surface area contributed by atoms with Crippen molar-refractivity contribution in [2.45, 2.75) is 19.8 Å². The summed E-state index contributed by atoms with van der Waals surface area (Å²) in [6, 6.07) is 8.49. The Morgan fingerprint density at radius 3 is 2.85 bits per heavy atom. The third-order valence-corrected chi connectivity index (χ3v) is 1.66. The van der Waals surface area contributed by atoms with Gasteiger partial charge in [-0.2, -0.15) is 6.42 Å². The van der Waals surface area contributed by atoms with E-state index in [1.54, 1.807) is 6.07 Å². The molecule has 0 aliphatic rings. The Morgan fingerprint density at radius 2 is 2.31 bits per heavy atom. The average Bonchev–Trinajstić information content (AvgIpc) is 2.05. The van der Waals surface area contributed by atoms with Crippen molar-refractivity contribution >= 4 is 5.78 Å². The normalized spacial score (nSPS) is 9.08. The van der Waals surface area contributed by atoms with E-state index in [0.29, 0.717) is 18.4 Å². The fraction of sp³-hybridized carbons (Fsp3) is 0.273. The van der Waals surface area contributed by atoms with Gasteiger partial charge in [0.25, 0.3) is 0 Å². The molecule has 0 saturated heterocycles. The fourth-order valence-electron chi connectivity index (χ4n) is 1.04. The largest absolute Gasteiger partial charge is 0.352 e. The summed E-state index contributed by atoms with van der Waals surface area (Å²) in [6.07, 6.45) is 1.17. The number of rotatable bonds is 3. The van der Waals surface area contributed by atoms with Crippen LogP contribution < -0.4 is 0 Å². The molecule has 1 aromatic rings. The van der Waals surface area contributed by atoms with Gasteiger partial charge in [-0.15, -0.1) is 35.4 Å². The van der Waals surface area contributed by atoms with E-state index in [1.807, 2.05) is 19.1 Å². The molecule has 0 spiro atoms. The third-order valence-electron chi connectivity index (χ3n) is 1.66. The molecule has 0 amide bonds. The maximum atomic E-state index is 11.3. The summed E-state index contributed by atoms with van der Waals surface area (Å²) >= 11 is 0. The van der Waals surface area contributed by atoms with Crippen molar-refractivity contribution in [3.05, 3.63) is 42.3 Å². The average molecular weight is 249 g/mol. The maximum Gasteiger partial charge on any atom is 0.0760 e. The van der Waals surface area contributed by atoms with E-state index >= 15 is 0 Å². The summed E-state index contributed by atoms with van der Waals surface area (Å²) in [5.74, 6) is 0.133. The van der Waals surface area contributed by atoms with Gasteiger partial charge in [0.05, 0.1) is 5.78 Å². The molecule has 0 saturated carbocycles. The van der Waals surface area contributed by atoms with Crippen LogP contribution in [0.2, 0.25) is 0 Å². The molecule has 67 valence electrons. The molecule has 1 aromatic carbocycles. The first-order valence-corrected chi connectivity index (χ1v) is 4.05. The van der Waals surface area contributed by atoms with Crippen LogP contribution in [-0.4, -0.2) is 5.78 Å². The minimum atomic E-state index is 0. The van der Waals surface area contributed by atoms with Gasteiger partial charge in [-0.1, -0.05) is 13.3 Å². The van der Waals surface area contributed by atoms with Crippen LogP contribution in [0.5, 0.6) is 0 Å². The predicted molar refractivity (Wildman–Crippen MR) is 48.9 cm³/mol. The minimum absolute atomic E-state index is 0. The van der Waals surface area contributed by atoms with Gasteiger partial charge in [0.15, 0.2) is 0 Å². The molecule has 0 aliphatic heterocycles. The van der Waals surface area contributed by atoms with Gasteiger partial charge < -0.3 is 11.7 Å². The Hall–Kier alpha value is -0.00610. The Balaban J connectivity index is 0.00000144. The van der Waals surface area contributed by atoms with Crippen molar-refractivity contribution in [1.82, 2.24) is 0 Å². The van der Waals surface area contributed by atoms with Crippen molar-refractivity contribution in [2.75, 3.05) is 0 Å². The quantitative estimate of drug-likeness (QED) is 0.594. The SMILES string of the molecule is [CH2-]CCC(=O)c1[c-]ccc(C)c1.[Y]. The van der Waals surface area contributed by atoms with Crippen LogP contribution in [0.15, 0.2) is 18.2 Å². The van der Waals surface area contributed by atoms with E-state index in [0.717, 1.165) is 5.56 Å². The minimum Gasteiger partial charge on any atom is -0.352 e. The predicted octanol–water partition coefficient (Wildman–Crippen LogP) is 2.59. The number of hydrogen-bond donors (Lipinski definition) is 0. The summed E-state index contributed by atoms with van der Waals surface area (Å²) in [4.78, 5) is 11.3. The molecule has 0 aliphatic carbocycles. The van der Waals surface area contributed by atoms with Crippen LogP contribution in [0.3, 0.4) is 0 Å². The molecule has 0 bridgehead atoms. The van der Waals surface area contributed by atoms with E-state index in [4.69, 9.17) is 0 Å². The van der Waals surface area contributed by atoms with Crippen molar-refractivity contribution in [3.63, 3.8) is 0 Å². The van der Waals surface area contributed by atoms with Gasteiger partial charge in [-0.3, -0.25) is 0 Å². The van der Waals surface area contributed by atoms with Crippen LogP contribution in [-0.2, 0) is 32.7 Å². The van der Waals surface area contributed by atoms with Crippen LogP contribution in [0.4, 0.5) is 0 Å². The van der Waals surface area contributed by atoms with Crippen LogP contribution >= 0.6 is 0 Å². The molecule has 0 heterocycles. The molecule has 1 nitrogen and oxygen atoms in total. The second-order valence-corrected chi connectivity index (χ2v) is 2.81. The number of Topliss-reactive ketones (excluding diaryl/α,β-unsaturated/α-hetero) is 1. The molecule has 2 heteroatoms. The summed E-state index contributed by atoms with van der Waals surface area (Å²) in [5.41, 5.74) is 1.78. The maximum absolute atomic E-state index is 11.3. The molecule has 0 aromatic heterocycles. The van der Waals surface area contributed by atoms with Gasteiger partial charge in [0, 0.05) is 32.7 Å². The molecule has 0 N–H and O–H groups in total. The molecule has 1 rings (SSSR count). The molecule has 1 radical (unpaired) electrons. The number of carbonyl (C=O) groups excluding carboxylic acids is 1. The molecular weight excluding hydrogens is 237 g/mol. The smallest absolute Gasteiger partial charge is 0.0760 e. The molecule has 0 fully saturated rings. The summed E-state index contributed by atoms with van der Waals surface area (Å²) in [7, 11) is 0. The number of benzene rings is 1. The van der Waals surface area contributed by atoms with Gasteiger partial charge in [-0.25, -0.2) is 0 Å². The molecule has 13 heavy (non-hydrogen) atoms. The Labute approximate surface area is 105 Å². The summed E-state index contributed by atoms with van der Waals surface area (Å²) in [5, 5.41) is 0. The van der Waals surface area contributed by atoms with E-state index in [2.05, 4.69) is 13.0 Å². The first kappa shape index (κ1) is 13.0. The van der Waals surface area contributed by atoms with E-state index < -0.39 is 0 Å².